The molecule has 0 atom stereocenters. The van der Waals surface area contributed by atoms with Crippen molar-refractivity contribution in [2.45, 2.75) is 6.92 Å². The second-order valence-corrected chi connectivity index (χ2v) is 3.11. The summed E-state index contributed by atoms with van der Waals surface area (Å²) in [5.74, 6) is 0.898. The SMILES string of the molecule is CCOC(=O)/C=C/c1c(OC)ccnc1NC. The van der Waals surface area contributed by atoms with E-state index in [9.17, 15) is 4.79 Å². The molecule has 0 fully saturated rings. The number of methoxy groups -OCH3 is 1. The van der Waals surface area contributed by atoms with E-state index in [0.29, 0.717) is 23.7 Å². The number of esters is 1. The number of rotatable bonds is 5. The van der Waals surface area contributed by atoms with Crippen molar-refractivity contribution in [1.29, 1.82) is 0 Å². The summed E-state index contributed by atoms with van der Waals surface area (Å²) < 4.78 is 10.00. The summed E-state index contributed by atoms with van der Waals surface area (Å²) in [6.45, 7) is 2.11. The molecule has 0 spiro atoms. The minimum absolute atomic E-state index is 0.353. The Hall–Kier alpha value is -2.04. The second-order valence-electron chi connectivity index (χ2n) is 3.11. The molecule has 0 radical (unpaired) electrons. The molecule has 17 heavy (non-hydrogen) atoms. The molecule has 92 valence electrons. The molecule has 5 heteroatoms. The first kappa shape index (κ1) is 13.0. The van der Waals surface area contributed by atoms with Crippen molar-refractivity contribution in [1.82, 2.24) is 4.98 Å². The molecular weight excluding hydrogens is 220 g/mol. The Balaban J connectivity index is 2.99. The first-order valence-corrected chi connectivity index (χ1v) is 5.28. The lowest BCUT2D eigenvalue weighted by Gasteiger charge is -2.08. The van der Waals surface area contributed by atoms with Crippen LogP contribution in [0.25, 0.3) is 6.08 Å². The van der Waals surface area contributed by atoms with Crippen LogP contribution in [0.2, 0.25) is 0 Å². The van der Waals surface area contributed by atoms with Crippen LogP contribution in [0.5, 0.6) is 5.75 Å². The maximum Gasteiger partial charge on any atom is 0.330 e. The Kier molecular flexibility index (Phi) is 5.00. The molecule has 1 aromatic heterocycles. The van der Waals surface area contributed by atoms with E-state index < -0.39 is 0 Å². The van der Waals surface area contributed by atoms with Gasteiger partial charge in [0.1, 0.15) is 11.6 Å². The molecule has 0 saturated heterocycles. The number of carbonyl (C=O) groups excluding carboxylic acids is 1. The van der Waals surface area contributed by atoms with Gasteiger partial charge in [0.05, 0.1) is 19.3 Å². The lowest BCUT2D eigenvalue weighted by atomic mass is 10.2. The second kappa shape index (κ2) is 6.52. The van der Waals surface area contributed by atoms with Gasteiger partial charge in [-0.3, -0.25) is 0 Å². The van der Waals surface area contributed by atoms with Crippen LogP contribution in [0, 0.1) is 0 Å². The molecule has 5 nitrogen and oxygen atoms in total. The minimum Gasteiger partial charge on any atom is -0.496 e. The van der Waals surface area contributed by atoms with Crippen LogP contribution in [0.3, 0.4) is 0 Å². The van der Waals surface area contributed by atoms with Crippen LogP contribution < -0.4 is 10.1 Å². The number of hydrogen-bond donors (Lipinski definition) is 1. The minimum atomic E-state index is -0.388. The number of carbonyl (C=O) groups is 1. The Morgan fingerprint density at radius 3 is 2.94 bits per heavy atom. The van der Waals surface area contributed by atoms with Gasteiger partial charge in [0.2, 0.25) is 0 Å². The first-order valence-electron chi connectivity index (χ1n) is 5.28. The third-order valence-corrected chi connectivity index (χ3v) is 2.08. The number of aromatic nitrogens is 1. The molecule has 0 amide bonds. The number of hydrogen-bond acceptors (Lipinski definition) is 5. The summed E-state index contributed by atoms with van der Waals surface area (Å²) in [7, 11) is 3.32. The van der Waals surface area contributed by atoms with Crippen molar-refractivity contribution in [3.63, 3.8) is 0 Å². The highest BCUT2D eigenvalue weighted by molar-refractivity contribution is 5.88. The van der Waals surface area contributed by atoms with Gasteiger partial charge in [0, 0.05) is 19.3 Å². The predicted molar refractivity (Wildman–Crippen MR) is 66.0 cm³/mol. The van der Waals surface area contributed by atoms with Gasteiger partial charge in [-0.05, 0) is 19.1 Å². The number of nitrogens with zero attached hydrogens (tertiary/aromatic N) is 1. The van der Waals surface area contributed by atoms with Gasteiger partial charge in [0.25, 0.3) is 0 Å². The average Bonchev–Trinajstić information content (AvgIpc) is 2.36. The van der Waals surface area contributed by atoms with E-state index in [2.05, 4.69) is 10.3 Å². The van der Waals surface area contributed by atoms with E-state index in [0.717, 1.165) is 0 Å². The Bertz CT molecular complexity index is 394. The molecule has 1 N–H and O–H groups in total. The third kappa shape index (κ3) is 3.48. The summed E-state index contributed by atoms with van der Waals surface area (Å²) in [5, 5.41) is 2.93. The highest BCUT2D eigenvalue weighted by atomic mass is 16.5. The summed E-state index contributed by atoms with van der Waals surface area (Å²) in [5.41, 5.74) is 0.713. The average molecular weight is 236 g/mol. The summed E-state index contributed by atoms with van der Waals surface area (Å²) in [4.78, 5) is 15.4. The van der Waals surface area contributed by atoms with E-state index >= 15 is 0 Å². The van der Waals surface area contributed by atoms with Gasteiger partial charge < -0.3 is 14.8 Å². The van der Waals surface area contributed by atoms with Crippen molar-refractivity contribution >= 4 is 17.9 Å². The van der Waals surface area contributed by atoms with E-state index in [1.165, 1.54) is 6.08 Å². The fraction of sp³-hybridized carbons (Fsp3) is 0.333. The molecule has 0 unspecified atom stereocenters. The smallest absolute Gasteiger partial charge is 0.330 e. The van der Waals surface area contributed by atoms with Crippen LogP contribution in [-0.4, -0.2) is 31.7 Å². The van der Waals surface area contributed by atoms with Crippen molar-refractivity contribution in [3.05, 3.63) is 23.9 Å². The van der Waals surface area contributed by atoms with Crippen molar-refractivity contribution in [2.75, 3.05) is 26.1 Å². The fourth-order valence-electron chi connectivity index (χ4n) is 1.34. The molecule has 1 aromatic rings. The van der Waals surface area contributed by atoms with Crippen LogP contribution in [-0.2, 0) is 9.53 Å². The predicted octanol–water partition coefficient (Wildman–Crippen LogP) is 1.71. The zero-order valence-corrected chi connectivity index (χ0v) is 10.2. The largest absolute Gasteiger partial charge is 0.496 e. The van der Waals surface area contributed by atoms with Crippen LogP contribution in [0.1, 0.15) is 12.5 Å². The maximum atomic E-state index is 11.2. The topological polar surface area (TPSA) is 60.5 Å². The molecule has 1 rings (SSSR count). The number of ether oxygens (including phenoxy) is 2. The molecule has 0 aliphatic carbocycles. The van der Waals surface area contributed by atoms with Crippen LogP contribution >= 0.6 is 0 Å². The first-order chi connectivity index (χ1) is 8.22. The third-order valence-electron chi connectivity index (χ3n) is 2.08. The van der Waals surface area contributed by atoms with Crippen molar-refractivity contribution in [2.24, 2.45) is 0 Å². The highest BCUT2D eigenvalue weighted by Gasteiger charge is 2.06. The van der Waals surface area contributed by atoms with E-state index in [4.69, 9.17) is 9.47 Å². The summed E-state index contributed by atoms with van der Waals surface area (Å²) in [6.07, 6.45) is 4.60. The highest BCUT2D eigenvalue weighted by Crippen LogP contribution is 2.25. The number of pyridine rings is 1. The normalized spacial score (nSPS) is 10.3. The monoisotopic (exact) mass is 236 g/mol. The molecule has 0 bridgehead atoms. The van der Waals surface area contributed by atoms with Crippen LogP contribution in [0.4, 0.5) is 5.82 Å². The summed E-state index contributed by atoms with van der Waals surface area (Å²) >= 11 is 0. The van der Waals surface area contributed by atoms with E-state index in [1.807, 2.05) is 0 Å². The van der Waals surface area contributed by atoms with Gasteiger partial charge in [-0.2, -0.15) is 0 Å². The lowest BCUT2D eigenvalue weighted by Crippen LogP contribution is -2.01. The lowest BCUT2D eigenvalue weighted by molar-refractivity contribution is -0.137. The Labute approximate surface area is 100 Å². The van der Waals surface area contributed by atoms with Gasteiger partial charge in [0.15, 0.2) is 0 Å². The Morgan fingerprint density at radius 1 is 1.59 bits per heavy atom. The van der Waals surface area contributed by atoms with Crippen molar-refractivity contribution in [3.8, 4) is 5.75 Å². The molecule has 0 saturated carbocycles. The van der Waals surface area contributed by atoms with Gasteiger partial charge in [-0.15, -0.1) is 0 Å². The molecular formula is C12H16N2O3. The van der Waals surface area contributed by atoms with Gasteiger partial charge >= 0.3 is 5.97 Å². The van der Waals surface area contributed by atoms with E-state index in [-0.39, 0.29) is 5.97 Å². The zero-order chi connectivity index (χ0) is 12.7. The number of anilines is 1. The fourth-order valence-corrected chi connectivity index (χ4v) is 1.34. The standard InChI is InChI=1S/C12H16N2O3/c1-4-17-11(15)6-5-9-10(16-3)7-8-14-12(9)13-2/h5-8H,4H2,1-3H3,(H,13,14)/b6-5+. The summed E-state index contributed by atoms with van der Waals surface area (Å²) in [6, 6.07) is 1.73. The number of nitrogens with one attached hydrogen (secondary N) is 1. The quantitative estimate of drug-likeness (QED) is 0.623. The zero-order valence-electron chi connectivity index (χ0n) is 10.2. The molecule has 0 aliphatic heterocycles. The van der Waals surface area contributed by atoms with Gasteiger partial charge in [-0.25, -0.2) is 9.78 Å². The van der Waals surface area contributed by atoms with Gasteiger partial charge in [-0.1, -0.05) is 0 Å². The molecule has 0 aromatic carbocycles. The molecule has 0 aliphatic rings. The maximum absolute atomic E-state index is 11.2. The van der Waals surface area contributed by atoms with Crippen LogP contribution in [0.15, 0.2) is 18.3 Å². The van der Waals surface area contributed by atoms with Crippen molar-refractivity contribution < 1.29 is 14.3 Å². The van der Waals surface area contributed by atoms with E-state index in [1.54, 1.807) is 39.4 Å². The molecule has 1 heterocycles. The Morgan fingerprint density at radius 2 is 2.35 bits per heavy atom.